The maximum atomic E-state index is 13.7. The van der Waals surface area contributed by atoms with E-state index in [-0.39, 0.29) is 30.2 Å². The second kappa shape index (κ2) is 11.2. The highest BCUT2D eigenvalue weighted by Crippen LogP contribution is 2.33. The molecule has 7 nitrogen and oxygen atoms in total. The fraction of sp³-hybridized carbons (Fsp3) is 0.346. The quantitative estimate of drug-likeness (QED) is 0.494. The monoisotopic (exact) mass is 479 g/mol. The molecule has 4 rings (SSSR count). The number of anilines is 1. The van der Waals surface area contributed by atoms with E-state index in [4.69, 9.17) is 4.42 Å². The summed E-state index contributed by atoms with van der Waals surface area (Å²) in [5.74, 6) is -0.947. The molecule has 0 aliphatic heterocycles. The molecular formula is C26H29N3O4S. The molecule has 0 spiro atoms. The van der Waals surface area contributed by atoms with E-state index >= 15 is 0 Å². The fourth-order valence-electron chi connectivity index (χ4n) is 4.33. The van der Waals surface area contributed by atoms with E-state index in [9.17, 15) is 14.4 Å². The van der Waals surface area contributed by atoms with Crippen molar-refractivity contribution in [3.63, 3.8) is 0 Å². The van der Waals surface area contributed by atoms with Crippen molar-refractivity contribution in [2.45, 2.75) is 51.1 Å². The van der Waals surface area contributed by atoms with Gasteiger partial charge < -0.3 is 15.1 Å². The van der Waals surface area contributed by atoms with Crippen LogP contribution < -0.4 is 15.5 Å². The minimum atomic E-state index is -0.837. The molecule has 0 bridgehead atoms. The Kier molecular flexibility index (Phi) is 7.80. The Balaban J connectivity index is 1.64. The average Bonchev–Trinajstić information content (AvgIpc) is 3.57. The molecule has 1 aromatic carbocycles. The Bertz CT molecular complexity index is 1110. The van der Waals surface area contributed by atoms with Gasteiger partial charge in [0.05, 0.1) is 12.8 Å². The summed E-state index contributed by atoms with van der Waals surface area (Å²) in [6, 6.07) is 13.6. The normalized spacial score (nSPS) is 14.9. The van der Waals surface area contributed by atoms with Gasteiger partial charge in [0.15, 0.2) is 5.76 Å². The van der Waals surface area contributed by atoms with Gasteiger partial charge in [-0.15, -0.1) is 11.3 Å². The highest BCUT2D eigenvalue weighted by molar-refractivity contribution is 7.10. The second-order valence-electron chi connectivity index (χ2n) is 8.47. The molecule has 1 aliphatic carbocycles. The summed E-state index contributed by atoms with van der Waals surface area (Å²) in [5, 5.41) is 7.71. The number of aryl methyl sites for hydroxylation is 1. The van der Waals surface area contributed by atoms with Crippen molar-refractivity contribution in [2.24, 2.45) is 0 Å². The summed E-state index contributed by atoms with van der Waals surface area (Å²) >= 11 is 1.43. The highest BCUT2D eigenvalue weighted by atomic mass is 32.1. The first kappa shape index (κ1) is 23.8. The number of nitrogens with zero attached hydrogens (tertiary/aromatic N) is 1. The lowest BCUT2D eigenvalue weighted by Gasteiger charge is -2.33. The number of para-hydroxylation sites is 1. The zero-order chi connectivity index (χ0) is 23.9. The van der Waals surface area contributed by atoms with Crippen molar-refractivity contribution in [2.75, 3.05) is 11.4 Å². The molecular weight excluding hydrogens is 450 g/mol. The molecule has 1 fully saturated rings. The summed E-state index contributed by atoms with van der Waals surface area (Å²) < 4.78 is 5.12. The molecule has 2 N–H and O–H groups in total. The molecule has 2 heterocycles. The average molecular weight is 480 g/mol. The van der Waals surface area contributed by atoms with Crippen molar-refractivity contribution < 1.29 is 18.8 Å². The lowest BCUT2D eigenvalue weighted by atomic mass is 9.95. The van der Waals surface area contributed by atoms with E-state index in [0.29, 0.717) is 5.69 Å². The maximum Gasteiger partial charge on any atom is 0.287 e. The third-order valence-corrected chi connectivity index (χ3v) is 6.98. The molecule has 8 heteroatoms. The predicted octanol–water partition coefficient (Wildman–Crippen LogP) is 4.60. The number of carbonyl (C=O) groups excluding carboxylic acids is 3. The van der Waals surface area contributed by atoms with Crippen LogP contribution in [0.4, 0.5) is 5.69 Å². The topological polar surface area (TPSA) is 91.7 Å². The molecule has 1 unspecified atom stereocenters. The number of benzene rings is 1. The molecule has 34 heavy (non-hydrogen) atoms. The zero-order valence-corrected chi connectivity index (χ0v) is 20.0. The van der Waals surface area contributed by atoms with Gasteiger partial charge in [0.1, 0.15) is 6.04 Å². The third kappa shape index (κ3) is 5.56. The summed E-state index contributed by atoms with van der Waals surface area (Å²) in [5.41, 5.74) is 1.50. The van der Waals surface area contributed by atoms with Gasteiger partial charge in [0.25, 0.3) is 5.91 Å². The van der Waals surface area contributed by atoms with Crippen LogP contribution in [-0.4, -0.2) is 30.3 Å². The van der Waals surface area contributed by atoms with E-state index in [1.807, 2.05) is 48.7 Å². The van der Waals surface area contributed by atoms with Crippen LogP contribution in [0.3, 0.4) is 0 Å². The molecule has 1 saturated carbocycles. The third-order valence-electron chi connectivity index (χ3n) is 6.06. The van der Waals surface area contributed by atoms with Gasteiger partial charge >= 0.3 is 0 Å². The number of carbonyl (C=O) groups is 3. The predicted molar refractivity (Wildman–Crippen MR) is 132 cm³/mol. The highest BCUT2D eigenvalue weighted by Gasteiger charge is 2.35. The molecule has 3 aromatic rings. The maximum absolute atomic E-state index is 13.7. The van der Waals surface area contributed by atoms with Gasteiger partial charge in [-0.3, -0.25) is 19.3 Å². The van der Waals surface area contributed by atoms with Crippen LogP contribution in [0.1, 0.15) is 59.1 Å². The summed E-state index contributed by atoms with van der Waals surface area (Å²) in [7, 11) is 0. The number of hydrogen-bond acceptors (Lipinski definition) is 5. The Hall–Kier alpha value is -3.39. The standard InChI is InChI=1S/C26H29N3O4S/c1-18-9-5-6-12-20(18)29(23(30)17-27-25(31)21-13-7-15-33-21)24(22-14-8-16-34-22)26(32)28-19-10-3-2-4-11-19/h5-9,12-16,19,24H,2-4,10-11,17H2,1H3,(H,27,31)(H,28,32). The Morgan fingerprint density at radius 2 is 1.85 bits per heavy atom. The van der Waals surface area contributed by atoms with Gasteiger partial charge in [0, 0.05) is 16.6 Å². The number of amides is 3. The van der Waals surface area contributed by atoms with E-state index in [2.05, 4.69) is 10.6 Å². The van der Waals surface area contributed by atoms with Gasteiger partial charge in [-0.25, -0.2) is 0 Å². The van der Waals surface area contributed by atoms with Gasteiger partial charge in [-0.2, -0.15) is 0 Å². The summed E-state index contributed by atoms with van der Waals surface area (Å²) in [4.78, 5) is 41.9. The van der Waals surface area contributed by atoms with Gasteiger partial charge in [-0.05, 0) is 55.0 Å². The first-order valence-corrected chi connectivity index (χ1v) is 12.5. The van der Waals surface area contributed by atoms with Crippen LogP contribution in [0.2, 0.25) is 0 Å². The second-order valence-corrected chi connectivity index (χ2v) is 9.45. The number of thiophene rings is 1. The van der Waals surface area contributed by atoms with Crippen LogP contribution in [0.25, 0.3) is 0 Å². The van der Waals surface area contributed by atoms with E-state index < -0.39 is 11.9 Å². The number of nitrogens with one attached hydrogen (secondary N) is 2. The Morgan fingerprint density at radius 3 is 2.53 bits per heavy atom. The zero-order valence-electron chi connectivity index (χ0n) is 19.2. The van der Waals surface area contributed by atoms with Crippen molar-refractivity contribution in [1.29, 1.82) is 0 Å². The molecule has 0 saturated heterocycles. The summed E-state index contributed by atoms with van der Waals surface area (Å²) in [6.45, 7) is 1.63. The van der Waals surface area contributed by atoms with Crippen LogP contribution in [0.5, 0.6) is 0 Å². The van der Waals surface area contributed by atoms with E-state index in [0.717, 1.165) is 36.1 Å². The van der Waals surface area contributed by atoms with E-state index in [1.165, 1.54) is 35.0 Å². The van der Waals surface area contributed by atoms with Crippen molar-refractivity contribution >= 4 is 34.7 Å². The minimum absolute atomic E-state index is 0.108. The van der Waals surface area contributed by atoms with Crippen molar-refractivity contribution in [3.8, 4) is 0 Å². The fourth-order valence-corrected chi connectivity index (χ4v) is 5.15. The molecule has 3 amide bonds. The molecule has 1 atom stereocenters. The van der Waals surface area contributed by atoms with Crippen LogP contribution in [-0.2, 0) is 9.59 Å². The minimum Gasteiger partial charge on any atom is -0.459 e. The van der Waals surface area contributed by atoms with Gasteiger partial charge in [0.2, 0.25) is 11.8 Å². The number of hydrogen-bond donors (Lipinski definition) is 2. The Morgan fingerprint density at radius 1 is 1.06 bits per heavy atom. The smallest absolute Gasteiger partial charge is 0.287 e. The van der Waals surface area contributed by atoms with Crippen molar-refractivity contribution in [3.05, 3.63) is 76.4 Å². The molecule has 1 aliphatic rings. The van der Waals surface area contributed by atoms with Crippen molar-refractivity contribution in [1.82, 2.24) is 10.6 Å². The first-order chi connectivity index (χ1) is 16.5. The number of furan rings is 1. The summed E-state index contributed by atoms with van der Waals surface area (Å²) in [6.07, 6.45) is 6.66. The first-order valence-electron chi connectivity index (χ1n) is 11.6. The van der Waals surface area contributed by atoms with E-state index in [1.54, 1.807) is 6.07 Å². The SMILES string of the molecule is Cc1ccccc1N(C(=O)CNC(=O)c1ccco1)C(C(=O)NC1CCCCC1)c1cccs1. The number of rotatable bonds is 8. The Labute approximate surface area is 203 Å². The lowest BCUT2D eigenvalue weighted by molar-refractivity contribution is -0.126. The van der Waals surface area contributed by atoms with Crippen LogP contribution in [0.15, 0.2) is 64.6 Å². The van der Waals surface area contributed by atoms with Crippen LogP contribution >= 0.6 is 11.3 Å². The molecule has 2 aromatic heterocycles. The van der Waals surface area contributed by atoms with Crippen LogP contribution in [0, 0.1) is 6.92 Å². The lowest BCUT2D eigenvalue weighted by Crippen LogP contribution is -2.49. The van der Waals surface area contributed by atoms with Gasteiger partial charge in [-0.1, -0.05) is 43.5 Å². The largest absolute Gasteiger partial charge is 0.459 e. The molecule has 178 valence electrons. The molecule has 0 radical (unpaired) electrons.